The van der Waals surface area contributed by atoms with E-state index in [1.54, 1.807) is 0 Å². The molecule has 1 saturated carbocycles. The van der Waals surface area contributed by atoms with Crippen molar-refractivity contribution in [1.82, 2.24) is 4.98 Å². The fourth-order valence-electron chi connectivity index (χ4n) is 2.50. The van der Waals surface area contributed by atoms with Crippen molar-refractivity contribution in [3.05, 3.63) is 18.3 Å². The van der Waals surface area contributed by atoms with E-state index in [-0.39, 0.29) is 6.10 Å². The van der Waals surface area contributed by atoms with Crippen LogP contribution in [0.3, 0.4) is 0 Å². The molecule has 18 heavy (non-hydrogen) atoms. The molecule has 3 nitrogen and oxygen atoms in total. The van der Waals surface area contributed by atoms with Crippen molar-refractivity contribution >= 4 is 5.82 Å². The van der Waals surface area contributed by atoms with E-state index in [1.165, 1.54) is 32.1 Å². The molecule has 1 aromatic rings. The molecule has 2 rings (SSSR count). The van der Waals surface area contributed by atoms with Crippen LogP contribution in [-0.2, 0) is 0 Å². The van der Waals surface area contributed by atoms with E-state index in [4.69, 9.17) is 4.74 Å². The molecule has 0 aromatic carbocycles. The number of hydrogen-bond acceptors (Lipinski definition) is 3. The van der Waals surface area contributed by atoms with Gasteiger partial charge in [-0.2, -0.15) is 0 Å². The number of aromatic nitrogens is 1. The minimum Gasteiger partial charge on any atom is -0.487 e. The van der Waals surface area contributed by atoms with Crippen molar-refractivity contribution in [3.63, 3.8) is 0 Å². The van der Waals surface area contributed by atoms with Crippen molar-refractivity contribution in [2.24, 2.45) is 5.92 Å². The number of nitrogens with zero attached hydrogens (tertiary/aromatic N) is 1. The number of pyridine rings is 1. The maximum absolute atomic E-state index is 5.76. The average molecular weight is 248 g/mol. The third-order valence-corrected chi connectivity index (χ3v) is 3.42. The van der Waals surface area contributed by atoms with Crippen LogP contribution in [0.15, 0.2) is 18.3 Å². The van der Waals surface area contributed by atoms with Gasteiger partial charge in [0.15, 0.2) is 11.6 Å². The maximum Gasteiger partial charge on any atom is 0.168 e. The first-order chi connectivity index (χ1) is 8.75. The summed E-state index contributed by atoms with van der Waals surface area (Å²) in [5, 5.41) is 3.45. The molecule has 1 fully saturated rings. The van der Waals surface area contributed by atoms with E-state index >= 15 is 0 Å². The number of ether oxygens (including phenoxy) is 1. The highest BCUT2D eigenvalue weighted by molar-refractivity contribution is 5.49. The Morgan fingerprint density at radius 1 is 1.33 bits per heavy atom. The molecule has 0 unspecified atom stereocenters. The second kappa shape index (κ2) is 6.62. The van der Waals surface area contributed by atoms with Gasteiger partial charge in [0, 0.05) is 12.7 Å². The van der Waals surface area contributed by atoms with E-state index in [2.05, 4.69) is 10.3 Å². The molecule has 1 aliphatic carbocycles. The summed E-state index contributed by atoms with van der Waals surface area (Å²) in [5.74, 6) is 2.55. The molecule has 1 heterocycles. The first kappa shape index (κ1) is 13.2. The smallest absolute Gasteiger partial charge is 0.168 e. The van der Waals surface area contributed by atoms with Crippen LogP contribution >= 0.6 is 0 Å². The lowest BCUT2D eigenvalue weighted by Crippen LogP contribution is -2.18. The summed E-state index contributed by atoms with van der Waals surface area (Å²) >= 11 is 0. The zero-order chi connectivity index (χ0) is 12.8. The van der Waals surface area contributed by atoms with Gasteiger partial charge in [-0.3, -0.25) is 0 Å². The number of hydrogen-bond donors (Lipinski definition) is 1. The van der Waals surface area contributed by atoms with Gasteiger partial charge < -0.3 is 10.1 Å². The van der Waals surface area contributed by atoms with E-state index in [0.717, 1.165) is 24.0 Å². The second-order valence-corrected chi connectivity index (χ2v) is 5.40. The quantitative estimate of drug-likeness (QED) is 0.859. The zero-order valence-corrected chi connectivity index (χ0v) is 11.5. The highest BCUT2D eigenvalue weighted by Crippen LogP contribution is 2.26. The zero-order valence-electron chi connectivity index (χ0n) is 11.5. The molecule has 0 bridgehead atoms. The summed E-state index contributed by atoms with van der Waals surface area (Å²) in [4.78, 5) is 4.38. The Morgan fingerprint density at radius 3 is 2.83 bits per heavy atom. The van der Waals surface area contributed by atoms with Crippen molar-refractivity contribution in [3.8, 4) is 5.75 Å². The van der Waals surface area contributed by atoms with Gasteiger partial charge in [-0.1, -0.05) is 19.3 Å². The van der Waals surface area contributed by atoms with E-state index in [9.17, 15) is 0 Å². The third kappa shape index (κ3) is 3.90. The van der Waals surface area contributed by atoms with Crippen LogP contribution < -0.4 is 10.1 Å². The molecular formula is C15H24N2O. The van der Waals surface area contributed by atoms with E-state index in [0.29, 0.717) is 0 Å². The summed E-state index contributed by atoms with van der Waals surface area (Å²) < 4.78 is 5.76. The molecule has 0 amide bonds. The normalized spacial score (nSPS) is 16.8. The fourth-order valence-corrected chi connectivity index (χ4v) is 2.50. The molecule has 0 spiro atoms. The summed E-state index contributed by atoms with van der Waals surface area (Å²) in [5.41, 5.74) is 0. The number of anilines is 1. The topological polar surface area (TPSA) is 34.1 Å². The van der Waals surface area contributed by atoms with E-state index < -0.39 is 0 Å². The van der Waals surface area contributed by atoms with Gasteiger partial charge in [-0.25, -0.2) is 4.98 Å². The van der Waals surface area contributed by atoms with Crippen LogP contribution in [0.2, 0.25) is 0 Å². The number of nitrogens with one attached hydrogen (secondary N) is 1. The molecule has 0 atom stereocenters. The van der Waals surface area contributed by atoms with Gasteiger partial charge >= 0.3 is 0 Å². The minimum atomic E-state index is 0.185. The van der Waals surface area contributed by atoms with Gasteiger partial charge in [0.05, 0.1) is 6.10 Å². The molecule has 0 aliphatic heterocycles. The van der Waals surface area contributed by atoms with Gasteiger partial charge in [0.1, 0.15) is 0 Å². The maximum atomic E-state index is 5.76. The Hall–Kier alpha value is -1.25. The largest absolute Gasteiger partial charge is 0.487 e. The molecule has 1 aromatic heterocycles. The Kier molecular flexibility index (Phi) is 4.85. The molecular weight excluding hydrogens is 224 g/mol. The van der Waals surface area contributed by atoms with Crippen LogP contribution in [0.1, 0.15) is 46.0 Å². The van der Waals surface area contributed by atoms with Crippen molar-refractivity contribution in [2.45, 2.75) is 52.1 Å². The molecule has 1 aliphatic rings. The molecule has 0 radical (unpaired) electrons. The first-order valence-electron chi connectivity index (χ1n) is 7.11. The Morgan fingerprint density at radius 2 is 2.11 bits per heavy atom. The van der Waals surface area contributed by atoms with Crippen LogP contribution in [0.25, 0.3) is 0 Å². The fraction of sp³-hybridized carbons (Fsp3) is 0.667. The van der Waals surface area contributed by atoms with Crippen molar-refractivity contribution < 1.29 is 4.74 Å². The van der Waals surface area contributed by atoms with Gasteiger partial charge in [0.2, 0.25) is 0 Å². The van der Waals surface area contributed by atoms with Gasteiger partial charge in [0.25, 0.3) is 0 Å². The molecule has 1 N–H and O–H groups in total. The summed E-state index contributed by atoms with van der Waals surface area (Å²) in [7, 11) is 0. The first-order valence-corrected chi connectivity index (χ1v) is 7.11. The van der Waals surface area contributed by atoms with Crippen LogP contribution in [0.5, 0.6) is 5.75 Å². The third-order valence-electron chi connectivity index (χ3n) is 3.42. The molecule has 0 saturated heterocycles. The summed E-state index contributed by atoms with van der Waals surface area (Å²) in [6.07, 6.45) is 8.86. The Balaban J connectivity index is 1.91. The van der Waals surface area contributed by atoms with Gasteiger partial charge in [-0.05, 0) is 44.7 Å². The standard InChI is InChI=1S/C15H24N2O/c1-12(2)18-14-9-6-10-16-15(14)17-11-13-7-4-3-5-8-13/h6,9-10,12-13H,3-5,7-8,11H2,1-2H3,(H,16,17). The predicted molar refractivity (Wildman–Crippen MR) is 75.1 cm³/mol. The predicted octanol–water partition coefficient (Wildman–Crippen LogP) is 3.86. The van der Waals surface area contributed by atoms with Crippen molar-refractivity contribution in [2.75, 3.05) is 11.9 Å². The summed E-state index contributed by atoms with van der Waals surface area (Å²) in [6, 6.07) is 3.90. The highest BCUT2D eigenvalue weighted by Gasteiger charge is 2.14. The Labute approximate surface area is 110 Å². The SMILES string of the molecule is CC(C)Oc1cccnc1NCC1CCCCC1. The lowest BCUT2D eigenvalue weighted by Gasteiger charge is -2.22. The Bertz CT molecular complexity index is 359. The molecule has 100 valence electrons. The lowest BCUT2D eigenvalue weighted by molar-refractivity contribution is 0.242. The monoisotopic (exact) mass is 248 g/mol. The second-order valence-electron chi connectivity index (χ2n) is 5.40. The van der Waals surface area contributed by atoms with E-state index in [1.807, 2.05) is 32.2 Å². The van der Waals surface area contributed by atoms with Crippen LogP contribution in [0, 0.1) is 5.92 Å². The highest BCUT2D eigenvalue weighted by atomic mass is 16.5. The van der Waals surface area contributed by atoms with Crippen LogP contribution in [-0.4, -0.2) is 17.6 Å². The average Bonchev–Trinajstić information content (AvgIpc) is 2.38. The molecule has 3 heteroatoms. The van der Waals surface area contributed by atoms with Gasteiger partial charge in [-0.15, -0.1) is 0 Å². The van der Waals surface area contributed by atoms with Crippen molar-refractivity contribution in [1.29, 1.82) is 0 Å². The minimum absolute atomic E-state index is 0.185. The number of rotatable bonds is 5. The van der Waals surface area contributed by atoms with Crippen LogP contribution in [0.4, 0.5) is 5.82 Å². The lowest BCUT2D eigenvalue weighted by atomic mass is 9.89. The summed E-state index contributed by atoms with van der Waals surface area (Å²) in [6.45, 7) is 5.10.